The van der Waals surface area contributed by atoms with Crippen LogP contribution in [0.25, 0.3) is 0 Å². The van der Waals surface area contributed by atoms with E-state index in [4.69, 9.17) is 11.6 Å². The molecule has 5 aliphatic rings. The molecular weight excluding hydrogens is 705 g/mol. The van der Waals surface area contributed by atoms with Crippen LogP contribution in [-0.4, -0.2) is 124 Å². The topological polar surface area (TPSA) is 99.7 Å². The molecule has 0 saturated carbocycles. The molecule has 51 heavy (non-hydrogen) atoms. The number of urea groups is 1. The molecule has 3 atom stereocenters. The van der Waals surface area contributed by atoms with E-state index < -0.39 is 28.4 Å². The minimum Gasteiger partial charge on any atom is -0.506 e. The van der Waals surface area contributed by atoms with Gasteiger partial charge in [-0.15, -0.1) is 11.3 Å². The number of phenols is 1. The van der Waals surface area contributed by atoms with Gasteiger partial charge in [-0.05, 0) is 87.1 Å². The van der Waals surface area contributed by atoms with Crippen LogP contribution >= 0.6 is 22.9 Å². The number of hydrogen-bond donors (Lipinski definition) is 2. The molecule has 5 aliphatic heterocycles. The summed E-state index contributed by atoms with van der Waals surface area (Å²) >= 11 is 7.60. The molecule has 7 rings (SSSR count). The van der Waals surface area contributed by atoms with Gasteiger partial charge in [-0.1, -0.05) is 11.6 Å². The van der Waals surface area contributed by atoms with Crippen molar-refractivity contribution in [2.24, 2.45) is 5.92 Å². The number of piperidine rings is 2. The number of hydrogen-bond acceptors (Lipinski definition) is 7. The predicted molar refractivity (Wildman–Crippen MR) is 189 cm³/mol. The van der Waals surface area contributed by atoms with Crippen molar-refractivity contribution < 1.29 is 32.7 Å². The minimum atomic E-state index is -4.84. The van der Waals surface area contributed by atoms with Crippen molar-refractivity contribution in [3.63, 3.8) is 0 Å². The Morgan fingerprint density at radius 2 is 1.63 bits per heavy atom. The van der Waals surface area contributed by atoms with Crippen LogP contribution in [0.4, 0.5) is 23.7 Å². The molecule has 10 nitrogen and oxygen atoms in total. The fraction of sp³-hybridized carbons (Fsp3) is 0.639. The number of rotatable bonds is 7. The number of amides is 4. The Kier molecular flexibility index (Phi) is 10.5. The van der Waals surface area contributed by atoms with Crippen LogP contribution in [0, 0.1) is 5.92 Å². The van der Waals surface area contributed by atoms with Crippen LogP contribution < -0.4 is 5.32 Å². The largest absolute Gasteiger partial charge is 0.506 e. The summed E-state index contributed by atoms with van der Waals surface area (Å²) < 4.78 is 41.4. The van der Waals surface area contributed by atoms with Gasteiger partial charge in [0.2, 0.25) is 11.8 Å². The maximum Gasteiger partial charge on any atom is 0.420 e. The molecule has 6 heterocycles. The molecule has 4 amide bonds. The van der Waals surface area contributed by atoms with Crippen LogP contribution in [0.1, 0.15) is 61.6 Å². The van der Waals surface area contributed by atoms with Gasteiger partial charge in [0.25, 0.3) is 0 Å². The van der Waals surface area contributed by atoms with Gasteiger partial charge < -0.3 is 30.0 Å². The Labute approximate surface area is 305 Å². The fourth-order valence-electron chi connectivity index (χ4n) is 9.04. The summed E-state index contributed by atoms with van der Waals surface area (Å²) in [5.41, 5.74) is 0.837. The maximum absolute atomic E-state index is 14.2. The average Bonchev–Trinajstić information content (AvgIpc) is 3.55. The summed E-state index contributed by atoms with van der Waals surface area (Å²) in [4.78, 5) is 51.3. The molecule has 0 radical (unpaired) electrons. The third-order valence-electron chi connectivity index (χ3n) is 12.0. The van der Waals surface area contributed by atoms with Gasteiger partial charge in [-0.3, -0.25) is 14.5 Å². The number of aromatic hydroxyl groups is 1. The van der Waals surface area contributed by atoms with Gasteiger partial charge in [0.05, 0.1) is 22.2 Å². The van der Waals surface area contributed by atoms with Crippen molar-refractivity contribution in [2.75, 3.05) is 58.2 Å². The first kappa shape index (κ1) is 36.3. The third-order valence-corrected chi connectivity index (χ3v) is 13.1. The fourth-order valence-corrected chi connectivity index (χ4v) is 10.1. The van der Waals surface area contributed by atoms with Crippen LogP contribution in [0.3, 0.4) is 0 Å². The van der Waals surface area contributed by atoms with E-state index in [9.17, 15) is 32.7 Å². The lowest BCUT2D eigenvalue weighted by Crippen LogP contribution is -2.56. The van der Waals surface area contributed by atoms with E-state index in [0.29, 0.717) is 76.8 Å². The summed E-state index contributed by atoms with van der Waals surface area (Å²) in [5, 5.41) is 16.6. The zero-order chi connectivity index (χ0) is 36.0. The summed E-state index contributed by atoms with van der Waals surface area (Å²) in [6.07, 6.45) is 1.50. The molecule has 4 fully saturated rings. The second-order valence-corrected chi connectivity index (χ2v) is 16.1. The van der Waals surface area contributed by atoms with E-state index in [1.807, 2.05) is 15.7 Å². The molecule has 0 spiro atoms. The summed E-state index contributed by atoms with van der Waals surface area (Å²) in [5.74, 6) is -2.46. The third kappa shape index (κ3) is 7.70. The van der Waals surface area contributed by atoms with Crippen molar-refractivity contribution in [3.8, 4) is 5.75 Å². The van der Waals surface area contributed by atoms with Crippen LogP contribution in [0.5, 0.6) is 5.75 Å². The first-order valence-electron chi connectivity index (χ1n) is 18.1. The van der Waals surface area contributed by atoms with Crippen molar-refractivity contribution >= 4 is 46.5 Å². The molecule has 1 aromatic carbocycles. The van der Waals surface area contributed by atoms with Crippen molar-refractivity contribution in [3.05, 3.63) is 44.6 Å². The second kappa shape index (κ2) is 14.7. The van der Waals surface area contributed by atoms with Gasteiger partial charge in [0.1, 0.15) is 5.75 Å². The number of fused-ring (bicyclic) bond motifs is 3. The summed E-state index contributed by atoms with van der Waals surface area (Å²) in [6.45, 7) is 3.83. The van der Waals surface area contributed by atoms with E-state index in [-0.39, 0.29) is 42.3 Å². The Balaban J connectivity index is 1.01. The zero-order valence-electron chi connectivity index (χ0n) is 28.8. The Morgan fingerprint density at radius 1 is 0.941 bits per heavy atom. The smallest absolute Gasteiger partial charge is 0.420 e. The van der Waals surface area contributed by atoms with Gasteiger partial charge in [-0.2, -0.15) is 13.2 Å². The first-order valence-corrected chi connectivity index (χ1v) is 19.4. The van der Waals surface area contributed by atoms with Gasteiger partial charge in [-0.25, -0.2) is 4.79 Å². The van der Waals surface area contributed by atoms with Crippen LogP contribution in [0.15, 0.2) is 22.9 Å². The average molecular weight is 751 g/mol. The Bertz CT molecular complexity index is 1610. The molecule has 0 aliphatic carbocycles. The normalized spacial score (nSPS) is 25.8. The number of carbonyl (C=O) groups excluding carboxylic acids is 3. The van der Waals surface area contributed by atoms with E-state index in [1.54, 1.807) is 21.1 Å². The zero-order valence-corrected chi connectivity index (χ0v) is 30.4. The summed E-state index contributed by atoms with van der Waals surface area (Å²) in [6, 6.07) is 3.58. The number of carbonyl (C=O) groups is 3. The number of thiophene rings is 1. The number of anilines is 1. The number of benzene rings is 1. The van der Waals surface area contributed by atoms with E-state index in [2.05, 4.69) is 22.2 Å². The van der Waals surface area contributed by atoms with E-state index >= 15 is 0 Å². The number of alkyl halides is 3. The lowest BCUT2D eigenvalue weighted by molar-refractivity contribution is -0.143. The Hall–Kier alpha value is -3.07. The molecule has 278 valence electrons. The molecular formula is C36H46ClF3N6O4S. The van der Waals surface area contributed by atoms with Gasteiger partial charge >= 0.3 is 12.2 Å². The van der Waals surface area contributed by atoms with Crippen molar-refractivity contribution in [2.45, 2.75) is 88.1 Å². The summed E-state index contributed by atoms with van der Waals surface area (Å²) in [7, 11) is 2.21. The molecule has 2 bridgehead atoms. The van der Waals surface area contributed by atoms with Crippen LogP contribution in [0.2, 0.25) is 5.02 Å². The van der Waals surface area contributed by atoms with E-state index in [0.717, 1.165) is 36.6 Å². The highest BCUT2D eigenvalue weighted by atomic mass is 35.5. The van der Waals surface area contributed by atoms with Crippen molar-refractivity contribution in [1.82, 2.24) is 24.5 Å². The minimum absolute atomic E-state index is 0.0323. The molecule has 2 N–H and O–H groups in total. The Morgan fingerprint density at radius 3 is 2.29 bits per heavy atom. The molecule has 2 aromatic rings. The number of phenolic OH excluding ortho intramolecular Hbond substituents is 1. The monoisotopic (exact) mass is 750 g/mol. The molecule has 1 aromatic heterocycles. The number of halogens is 4. The highest BCUT2D eigenvalue weighted by Crippen LogP contribution is 2.41. The standard InChI is InChI=1S/C36H46ClF3N6O4S/c1-42-26-2-3-27(42)19-28(18-26)43-10-12-45(13-11-43)34(49)24(14-22-15-29(36(38,39)40)33(48)30(37)16-22)17-32(47)44-7-5-25(6-8-44)46-9-4-23-20-51-21-31(23)41-35(46)50/h15-16,20-21,24-28,48H,2-14,17-19H2,1H3,(H,41,50)/t24-,26?,27?,28?/m0/s1. The number of nitrogens with one attached hydrogen (secondary N) is 1. The molecule has 2 unspecified atom stereocenters. The molecule has 15 heteroatoms. The van der Waals surface area contributed by atoms with Gasteiger partial charge in [0, 0.05) is 81.8 Å². The lowest BCUT2D eigenvalue weighted by Gasteiger charge is -2.45. The number of likely N-dealkylation sites (tertiary alicyclic amines) is 1. The SMILES string of the molecule is CN1C2CCC1CC(N1CCN(C(=O)[C@H](CC(=O)N3CCC(N4CCc5cscc5NC4=O)CC3)Cc3cc(Cl)c(O)c(C(F)(F)F)c3)CC1)C2. The van der Waals surface area contributed by atoms with Gasteiger partial charge in [0.15, 0.2) is 0 Å². The number of nitrogens with zero attached hydrogens (tertiary/aromatic N) is 5. The molecule has 4 saturated heterocycles. The maximum atomic E-state index is 14.2. The highest BCUT2D eigenvalue weighted by Gasteiger charge is 2.42. The number of piperazine rings is 1. The highest BCUT2D eigenvalue weighted by molar-refractivity contribution is 7.08. The van der Waals surface area contributed by atoms with Crippen LogP contribution in [-0.2, 0) is 28.6 Å². The lowest BCUT2D eigenvalue weighted by atomic mass is 9.91. The van der Waals surface area contributed by atoms with E-state index in [1.165, 1.54) is 18.9 Å². The van der Waals surface area contributed by atoms with Crippen molar-refractivity contribution in [1.29, 1.82) is 0 Å². The quantitative estimate of drug-likeness (QED) is 0.387. The predicted octanol–water partition coefficient (Wildman–Crippen LogP) is 5.53. The first-order chi connectivity index (χ1) is 24.4. The second-order valence-electron chi connectivity index (χ2n) is 14.9.